The van der Waals surface area contributed by atoms with Crippen molar-refractivity contribution in [1.29, 1.82) is 0 Å². The highest BCUT2D eigenvalue weighted by Gasteiger charge is 2.33. The van der Waals surface area contributed by atoms with Crippen LogP contribution in [0.1, 0.15) is 52.5 Å². The molecule has 0 aliphatic carbocycles. The second-order valence-electron chi connectivity index (χ2n) is 8.41. The quantitative estimate of drug-likeness (QED) is 0.761. The summed E-state index contributed by atoms with van der Waals surface area (Å²) in [6, 6.07) is 3.77. The minimum atomic E-state index is -0.559. The molecule has 0 radical (unpaired) electrons. The Morgan fingerprint density at radius 1 is 1.38 bits per heavy atom. The number of ether oxygens (including phenoxy) is 2. The Morgan fingerprint density at radius 2 is 2.10 bits per heavy atom. The third-order valence-corrected chi connectivity index (χ3v) is 5.32. The Morgan fingerprint density at radius 3 is 2.76 bits per heavy atom. The number of nitrogens with one attached hydrogen (secondary N) is 2. The average molecular weight is 422 g/mol. The summed E-state index contributed by atoms with van der Waals surface area (Å²) in [6.45, 7) is 10.2. The minimum absolute atomic E-state index is 0.117. The minimum Gasteiger partial charge on any atom is -0.444 e. The highest BCUT2D eigenvalue weighted by molar-refractivity contribution is 7.16. The zero-order valence-electron chi connectivity index (χ0n) is 17.3. The van der Waals surface area contributed by atoms with E-state index in [1.807, 2.05) is 26.0 Å². The molecule has 1 saturated heterocycles. The Bertz CT molecular complexity index is 973. The van der Waals surface area contributed by atoms with Crippen molar-refractivity contribution in [2.75, 3.05) is 18.0 Å². The summed E-state index contributed by atoms with van der Waals surface area (Å²) in [5, 5.41) is 2.68. The number of thiazole rings is 1. The molecule has 1 aromatic carbocycles. The number of fused-ring (bicyclic) bond motifs is 1. The van der Waals surface area contributed by atoms with Gasteiger partial charge in [-0.15, -0.1) is 0 Å². The lowest BCUT2D eigenvalue weighted by Crippen LogP contribution is -2.34. The third-order valence-electron chi connectivity index (χ3n) is 4.49. The number of cyclic esters (lactones) is 1. The van der Waals surface area contributed by atoms with Crippen LogP contribution in [0.3, 0.4) is 0 Å². The largest absolute Gasteiger partial charge is 0.444 e. The fourth-order valence-corrected chi connectivity index (χ4v) is 4.01. The molecule has 1 aromatic heterocycles. The number of aromatic nitrogens is 1. The second kappa shape index (κ2) is 8.06. The Hall–Kier alpha value is -2.55. The number of anilines is 1. The average Bonchev–Trinajstić information content (AvgIpc) is 3.13. The van der Waals surface area contributed by atoms with Gasteiger partial charge in [-0.3, -0.25) is 9.69 Å². The van der Waals surface area contributed by atoms with E-state index in [9.17, 15) is 14.4 Å². The molecule has 0 spiro atoms. The maximum absolute atomic E-state index is 12.4. The number of carbonyl (C=O) groups is 2. The van der Waals surface area contributed by atoms with E-state index in [-0.39, 0.29) is 16.9 Å². The molecule has 8 nitrogen and oxygen atoms in total. The first kappa shape index (κ1) is 21.2. The van der Waals surface area contributed by atoms with E-state index in [1.165, 1.54) is 0 Å². The molecule has 2 N–H and O–H groups in total. The van der Waals surface area contributed by atoms with Gasteiger partial charge in [0.15, 0.2) is 0 Å². The maximum atomic E-state index is 12.4. The number of amides is 2. The maximum Gasteiger partial charge on any atom is 0.414 e. The zero-order chi connectivity index (χ0) is 21.3. The fraction of sp³-hybridized carbons (Fsp3) is 0.550. The second-order valence-corrected chi connectivity index (χ2v) is 9.43. The molecule has 1 atom stereocenters. The normalized spacial score (nSPS) is 17.1. The third kappa shape index (κ3) is 5.09. The molecule has 0 saturated carbocycles. The van der Waals surface area contributed by atoms with Crippen LogP contribution < -0.4 is 15.1 Å². The van der Waals surface area contributed by atoms with Crippen molar-refractivity contribution in [1.82, 2.24) is 10.3 Å². The SMILES string of the molecule is CC(C)c1cc(N2C[C@H](CCNC(=O)OC(C)(C)C)OC2=O)cc2sc(=O)[nH]c12. The van der Waals surface area contributed by atoms with Crippen molar-refractivity contribution >= 4 is 39.4 Å². The van der Waals surface area contributed by atoms with Crippen LogP contribution in [0, 0.1) is 0 Å². The van der Waals surface area contributed by atoms with E-state index in [1.54, 1.807) is 25.7 Å². The van der Waals surface area contributed by atoms with Crippen molar-refractivity contribution in [2.24, 2.45) is 0 Å². The highest BCUT2D eigenvalue weighted by Crippen LogP contribution is 2.33. The lowest BCUT2D eigenvalue weighted by molar-refractivity contribution is 0.0520. The van der Waals surface area contributed by atoms with Crippen LogP contribution in [0.5, 0.6) is 0 Å². The van der Waals surface area contributed by atoms with Crippen molar-refractivity contribution < 1.29 is 19.1 Å². The summed E-state index contributed by atoms with van der Waals surface area (Å²) in [5.41, 5.74) is 1.96. The van der Waals surface area contributed by atoms with Gasteiger partial charge in [0.25, 0.3) is 0 Å². The van der Waals surface area contributed by atoms with Gasteiger partial charge in [-0.05, 0) is 44.4 Å². The summed E-state index contributed by atoms with van der Waals surface area (Å²) in [4.78, 5) is 40.3. The highest BCUT2D eigenvalue weighted by atomic mass is 32.1. The lowest BCUT2D eigenvalue weighted by Gasteiger charge is -2.20. The molecule has 158 valence electrons. The summed E-state index contributed by atoms with van der Waals surface area (Å²) in [6.07, 6.45) is -0.768. The lowest BCUT2D eigenvalue weighted by atomic mass is 10.0. The molecule has 29 heavy (non-hydrogen) atoms. The number of carbonyl (C=O) groups excluding carboxylic acids is 2. The summed E-state index contributed by atoms with van der Waals surface area (Å²) >= 11 is 1.13. The van der Waals surface area contributed by atoms with E-state index >= 15 is 0 Å². The monoisotopic (exact) mass is 421 g/mol. The Balaban J connectivity index is 1.67. The molecular formula is C20H27N3O5S. The molecule has 1 aliphatic rings. The Labute approximate surface area is 173 Å². The zero-order valence-corrected chi connectivity index (χ0v) is 18.1. The molecule has 9 heteroatoms. The summed E-state index contributed by atoms with van der Waals surface area (Å²) in [7, 11) is 0. The number of aromatic amines is 1. The number of hydrogen-bond donors (Lipinski definition) is 2. The molecule has 3 rings (SSSR count). The van der Waals surface area contributed by atoms with Crippen LogP contribution >= 0.6 is 11.3 Å². The van der Waals surface area contributed by atoms with E-state index < -0.39 is 17.8 Å². The molecule has 2 amide bonds. The van der Waals surface area contributed by atoms with Gasteiger partial charge in [-0.2, -0.15) is 0 Å². The number of alkyl carbamates (subject to hydrolysis) is 1. The molecule has 0 unspecified atom stereocenters. The molecule has 0 bridgehead atoms. The van der Waals surface area contributed by atoms with Gasteiger partial charge in [0.2, 0.25) is 0 Å². The summed E-state index contributed by atoms with van der Waals surface area (Å²) < 4.78 is 11.5. The predicted octanol–water partition coefficient (Wildman–Crippen LogP) is 3.95. The van der Waals surface area contributed by atoms with Crippen molar-refractivity contribution in [3.8, 4) is 0 Å². The van der Waals surface area contributed by atoms with Crippen molar-refractivity contribution in [2.45, 2.75) is 58.7 Å². The van der Waals surface area contributed by atoms with Gasteiger partial charge in [-0.1, -0.05) is 25.2 Å². The van der Waals surface area contributed by atoms with Gasteiger partial charge in [0.1, 0.15) is 11.7 Å². The van der Waals surface area contributed by atoms with Crippen molar-refractivity contribution in [3.05, 3.63) is 27.4 Å². The van der Waals surface area contributed by atoms with E-state index in [0.717, 1.165) is 27.1 Å². The smallest absolute Gasteiger partial charge is 0.414 e. The predicted molar refractivity (Wildman–Crippen MR) is 113 cm³/mol. The molecular weight excluding hydrogens is 394 g/mol. The van der Waals surface area contributed by atoms with Gasteiger partial charge >= 0.3 is 17.1 Å². The van der Waals surface area contributed by atoms with Crippen LogP contribution in [0.15, 0.2) is 16.9 Å². The Kier molecular flexibility index (Phi) is 5.88. The molecule has 1 fully saturated rings. The number of H-pyrrole nitrogens is 1. The van der Waals surface area contributed by atoms with Gasteiger partial charge in [0.05, 0.1) is 16.8 Å². The first-order valence-corrected chi connectivity index (χ1v) is 10.5. The van der Waals surface area contributed by atoms with Gasteiger partial charge in [-0.25, -0.2) is 9.59 Å². The van der Waals surface area contributed by atoms with Gasteiger partial charge in [0, 0.05) is 18.7 Å². The molecule has 2 heterocycles. The first-order chi connectivity index (χ1) is 13.5. The number of hydrogen-bond acceptors (Lipinski definition) is 6. The van der Waals surface area contributed by atoms with Crippen molar-refractivity contribution in [3.63, 3.8) is 0 Å². The topological polar surface area (TPSA) is 101 Å². The fourth-order valence-electron chi connectivity index (χ4n) is 3.21. The summed E-state index contributed by atoms with van der Waals surface area (Å²) in [5.74, 6) is 0.190. The number of benzene rings is 1. The van der Waals surface area contributed by atoms with Crippen LogP contribution in [-0.2, 0) is 9.47 Å². The van der Waals surface area contributed by atoms with Crippen LogP contribution in [0.4, 0.5) is 15.3 Å². The van der Waals surface area contributed by atoms with Crippen LogP contribution in [0.25, 0.3) is 10.2 Å². The molecule has 2 aromatic rings. The number of nitrogens with zero attached hydrogens (tertiary/aromatic N) is 1. The van der Waals surface area contributed by atoms with E-state index in [2.05, 4.69) is 10.3 Å². The van der Waals surface area contributed by atoms with E-state index in [4.69, 9.17) is 9.47 Å². The van der Waals surface area contributed by atoms with E-state index in [0.29, 0.717) is 25.2 Å². The first-order valence-electron chi connectivity index (χ1n) is 9.65. The van der Waals surface area contributed by atoms with Crippen LogP contribution in [0.2, 0.25) is 0 Å². The van der Waals surface area contributed by atoms with Gasteiger partial charge < -0.3 is 19.8 Å². The molecule has 1 aliphatic heterocycles. The standard InChI is InChI=1S/C20H27N3O5S/c1-11(2)14-8-12(9-15-16(14)22-18(25)29-15)23-10-13(27-19(23)26)6-7-21-17(24)28-20(3,4)5/h8-9,11,13H,6-7,10H2,1-5H3,(H,21,24)(H,22,25)/t13-/m0/s1. The van der Waals surface area contributed by atoms with Crippen LogP contribution in [-0.4, -0.2) is 42.0 Å². The number of rotatable bonds is 5.